The van der Waals surface area contributed by atoms with Gasteiger partial charge in [0.25, 0.3) is 0 Å². The number of halogens is 2. The molecule has 31 nitrogen and oxygen atoms in total. The van der Waals surface area contributed by atoms with Gasteiger partial charge < -0.3 is 94.3 Å². The quantitative estimate of drug-likeness (QED) is 0.00898. The van der Waals surface area contributed by atoms with E-state index in [2.05, 4.69) is 10.4 Å². The van der Waals surface area contributed by atoms with Gasteiger partial charge in [-0.05, 0) is 75.9 Å². The molecule has 1 amide bonds. The lowest BCUT2D eigenvalue weighted by Crippen LogP contribution is -2.82. The van der Waals surface area contributed by atoms with Crippen molar-refractivity contribution in [2.75, 3.05) is 58.3 Å². The number of allylic oxidation sites excluding steroid dienone is 1. The Balaban J connectivity index is 0.000000216. The maximum Gasteiger partial charge on any atom is 0.343 e. The topological polar surface area (TPSA) is 469 Å². The molecule has 614 valence electrons. The number of hydrogen-bond acceptors (Lipinski definition) is 28. The van der Waals surface area contributed by atoms with Crippen molar-refractivity contribution in [3.05, 3.63) is 146 Å². The van der Waals surface area contributed by atoms with Crippen LogP contribution in [-0.2, 0) is 77.4 Å². The van der Waals surface area contributed by atoms with Crippen molar-refractivity contribution in [3.8, 4) is 17.2 Å². The van der Waals surface area contributed by atoms with Crippen LogP contribution in [0.2, 0.25) is 0 Å². The van der Waals surface area contributed by atoms with Gasteiger partial charge in [0.15, 0.2) is 41.4 Å². The summed E-state index contributed by atoms with van der Waals surface area (Å²) in [6, 6.07) is 18.4. The Labute approximate surface area is 661 Å². The molecule has 12 rings (SSSR count). The molecule has 2 saturated carbocycles. The number of aliphatic hydroxyl groups excluding tert-OH is 4. The molecule has 3 aliphatic heterocycles. The van der Waals surface area contributed by atoms with Gasteiger partial charge in [-0.2, -0.15) is 0 Å². The molecule has 12 N–H and O–H groups in total. The highest BCUT2D eigenvalue weighted by Crippen LogP contribution is 2.65. The van der Waals surface area contributed by atoms with Gasteiger partial charge in [-0.25, -0.2) is 19.3 Å². The van der Waals surface area contributed by atoms with E-state index < -0.39 is 216 Å². The highest BCUT2D eigenvalue weighted by atomic mass is 35.5. The summed E-state index contributed by atoms with van der Waals surface area (Å²) in [4.78, 5) is 123. The molecule has 5 aliphatic carbocycles. The summed E-state index contributed by atoms with van der Waals surface area (Å²) in [5.41, 5.74) is -4.53. The van der Waals surface area contributed by atoms with Crippen molar-refractivity contribution in [2.45, 2.75) is 191 Å². The maximum absolute atomic E-state index is 15.4. The number of nitrogens with one attached hydrogen (secondary N) is 2. The van der Waals surface area contributed by atoms with E-state index in [9.17, 15) is 83.8 Å². The number of phenols is 2. The molecular formula is C79H97Cl2N4O27P. The number of alkyl halides is 2. The second-order valence-corrected chi connectivity index (χ2v) is 33.0. The smallest absolute Gasteiger partial charge is 0.343 e. The number of ketones is 4. The third-order valence-corrected chi connectivity index (χ3v) is 25.6. The van der Waals surface area contributed by atoms with Crippen LogP contribution in [-0.4, -0.2) is 235 Å². The first-order chi connectivity index (χ1) is 53.3. The number of aliphatic hydroxyl groups is 6. The molecule has 113 heavy (non-hydrogen) atoms. The van der Waals surface area contributed by atoms with Crippen LogP contribution < -0.4 is 20.9 Å². The maximum atomic E-state index is 15.4. The summed E-state index contributed by atoms with van der Waals surface area (Å²) in [5.74, 6) is -9.71. The van der Waals surface area contributed by atoms with E-state index in [1.165, 1.54) is 51.3 Å². The Morgan fingerprint density at radius 3 is 2.05 bits per heavy atom. The molecule has 3 heterocycles. The number of amides is 1. The van der Waals surface area contributed by atoms with E-state index in [1.54, 1.807) is 93.9 Å². The van der Waals surface area contributed by atoms with Crippen LogP contribution in [0, 0.1) is 16.7 Å². The van der Waals surface area contributed by atoms with Gasteiger partial charge in [0, 0.05) is 111 Å². The number of rotatable bonds is 20. The lowest BCUT2D eigenvalue weighted by Gasteiger charge is -2.67. The number of esters is 4. The molecule has 4 aromatic rings. The molecule has 3 saturated heterocycles. The van der Waals surface area contributed by atoms with Crippen LogP contribution in [0.5, 0.6) is 17.2 Å². The predicted octanol–water partition coefficient (Wildman–Crippen LogP) is 5.27. The van der Waals surface area contributed by atoms with Crippen molar-refractivity contribution in [1.82, 2.24) is 15.1 Å². The second kappa shape index (κ2) is 34.9. The standard InChI is InChI=1S/C45H53NO14.C27H29NO11.C7H15Cl2N2O2P/c1-9-23(2)39(52)46-33(27-16-12-10-13-17-27)34(50)41(54)58-29-21-45(55)38(59-40(53)28-18-14-11-15-19-28)36-43(8,30(49)20-31-44(36,22-56-31)60-26(5)48)37(51)35(57-25(4)47)32(24(29)3)42(45,6)7;1-10-22(31)13(28)6-17(38-10)39-15-8-27(36,16(30)9-29)7-12-19(15)26(35)21-20(24(12)33)23(32)11-4-3-5-14(37-2)18(11)25(21)34;8-2-5-11(6-3-9)14(12)10-4-1-7-13-14/h9-19,29-31,33-36,38,49-50,55H,20-22H2,1-8H3,(H,46,52);3-5,10,13,15,17,22,29,31,33,35-36H,6-9,28H2,1-2H3;1-7H2,(H,10,12)/b23-9+;;/t29-,30-,31+,33-,34+,35+,36-,38-,43+,44-,45+;10-,13-,15-,17-,22+,27-;/m00./s1. The molecular weight excluding hydrogens is 1540 g/mol. The number of phenolic OH excluding ortho intramolecular Hbond substituents is 2. The van der Waals surface area contributed by atoms with Crippen LogP contribution >= 0.6 is 30.9 Å². The number of methoxy groups -OCH3 is 1. The van der Waals surface area contributed by atoms with Gasteiger partial charge in [0.2, 0.25) is 11.7 Å². The number of carbonyl (C=O) groups is 9. The van der Waals surface area contributed by atoms with Crippen LogP contribution in [0.1, 0.15) is 165 Å². The lowest BCUT2D eigenvalue weighted by atomic mass is 9.44. The average Bonchev–Trinajstić information content (AvgIpc) is 0.668. The summed E-state index contributed by atoms with van der Waals surface area (Å²) in [6.45, 7) is 14.1. The van der Waals surface area contributed by atoms with Crippen LogP contribution in [0.25, 0.3) is 0 Å². The molecule has 18 atom stereocenters. The van der Waals surface area contributed by atoms with E-state index in [1.807, 2.05) is 0 Å². The first-order valence-corrected chi connectivity index (χ1v) is 39.6. The third-order valence-electron chi connectivity index (χ3n) is 23.0. The molecule has 2 bridgehead atoms. The van der Waals surface area contributed by atoms with Crippen molar-refractivity contribution in [3.63, 3.8) is 0 Å². The van der Waals surface area contributed by atoms with Crippen molar-refractivity contribution in [2.24, 2.45) is 22.5 Å². The third kappa shape index (κ3) is 16.4. The monoisotopic (exact) mass is 1630 g/mol. The van der Waals surface area contributed by atoms with Crippen molar-refractivity contribution >= 4 is 83.8 Å². The Morgan fingerprint density at radius 1 is 0.841 bits per heavy atom. The normalized spacial score (nSPS) is 31.3. The van der Waals surface area contributed by atoms with Crippen molar-refractivity contribution in [1.29, 1.82) is 0 Å². The average molecular weight is 1640 g/mol. The van der Waals surface area contributed by atoms with E-state index in [0.29, 0.717) is 42.6 Å². The van der Waals surface area contributed by atoms with E-state index in [4.69, 9.17) is 71.4 Å². The number of fused-ring (bicyclic) bond motifs is 8. The Bertz CT molecular complexity index is 4420. The fraction of sp³-hybridized carbons (Fsp3) is 0.532. The highest BCUT2D eigenvalue weighted by molar-refractivity contribution is 7.54. The Kier molecular flexibility index (Phi) is 27.0. The zero-order valence-corrected chi connectivity index (χ0v) is 66.5. The molecule has 0 aromatic heterocycles. The summed E-state index contributed by atoms with van der Waals surface area (Å²) < 4.78 is 66.4. The number of nitrogens with zero attached hydrogens (tertiary/aromatic N) is 1. The minimum Gasteiger partial charge on any atom is -0.507 e. The predicted molar refractivity (Wildman–Crippen MR) is 402 cm³/mol. The Morgan fingerprint density at radius 2 is 1.49 bits per heavy atom. The number of carbonyl (C=O) groups excluding carboxylic acids is 9. The lowest BCUT2D eigenvalue weighted by molar-refractivity contribution is -0.346. The molecule has 34 heteroatoms. The molecule has 5 fully saturated rings. The number of hydrogen-bond donors (Lipinski definition) is 11. The van der Waals surface area contributed by atoms with Crippen LogP contribution in [0.15, 0.2) is 102 Å². The van der Waals surface area contributed by atoms with Crippen LogP contribution in [0.3, 0.4) is 0 Å². The SMILES string of the molecule is C/C=C(\C)C(=O)N[C@@H](c1ccccc1)[C@@H](O)C(=O)O[C@H]1C[C@@]2(O)[C@@H](OC(=O)c3ccccc3)[C@@H]3[C@]4(OC(C)=O)CO[C@@H]4C[C@H](O)[C@@]3(C)C(=O)[C@H](OC(C)=O)C(=C1C)C2(C)C.COc1cccc2c1C(=O)c1c(O)c3c(c(O)c1C2=O)C[C@@](O)(C(=O)CO)C[C@@H]3O[C@H]1C[C@H](N)[C@H](O)[C@H](C)O1.O=P1(N(CCCl)CCCl)NCCCO1. The highest BCUT2D eigenvalue weighted by Gasteiger charge is 2.78. The summed E-state index contributed by atoms with van der Waals surface area (Å²) in [7, 11) is -1.52. The number of Topliss-reactive ketones (excluding diaryl/α,β-unsaturated/α-hetero) is 2. The van der Waals surface area contributed by atoms with Gasteiger partial charge in [-0.1, -0.05) is 80.6 Å². The number of nitrogens with two attached hydrogens (primary N) is 1. The van der Waals surface area contributed by atoms with E-state index in [-0.39, 0.29) is 64.2 Å². The first kappa shape index (κ1) is 87.5. The van der Waals surface area contributed by atoms with Gasteiger partial charge in [-0.15, -0.1) is 23.2 Å². The minimum absolute atomic E-state index is 0.00140. The van der Waals surface area contributed by atoms with Gasteiger partial charge in [0.1, 0.15) is 53.4 Å². The summed E-state index contributed by atoms with van der Waals surface area (Å²) in [5, 5.41) is 96.6. The van der Waals surface area contributed by atoms with E-state index in [0.717, 1.165) is 26.8 Å². The molecule has 8 aliphatic rings. The van der Waals surface area contributed by atoms with Gasteiger partial charge in [-0.3, -0.25) is 38.1 Å². The summed E-state index contributed by atoms with van der Waals surface area (Å²) >= 11 is 11.2. The van der Waals surface area contributed by atoms with Crippen LogP contribution in [0.4, 0.5) is 0 Å². The number of benzene rings is 4. The zero-order chi connectivity index (χ0) is 82.9. The first-order valence-electron chi connectivity index (χ1n) is 36.9. The number of aromatic hydroxyl groups is 2. The Hall–Kier alpha value is -7.92. The molecule has 0 radical (unpaired) electrons. The summed E-state index contributed by atoms with van der Waals surface area (Å²) in [6.07, 6.45) is -13.1. The fourth-order valence-electron chi connectivity index (χ4n) is 16.8. The zero-order valence-electron chi connectivity index (χ0n) is 64.1. The molecule has 4 aromatic carbocycles. The minimum atomic E-state index is -2.84. The van der Waals surface area contributed by atoms with Crippen molar-refractivity contribution < 1.29 is 131 Å². The van der Waals surface area contributed by atoms with Gasteiger partial charge >= 0.3 is 31.5 Å². The second-order valence-electron chi connectivity index (χ2n) is 30.1. The largest absolute Gasteiger partial charge is 0.507 e. The fourth-order valence-corrected chi connectivity index (χ4v) is 19.4. The molecule has 1 unspecified atom stereocenters. The number of ether oxygens (including phenoxy) is 8. The molecule has 0 spiro atoms. The van der Waals surface area contributed by atoms with E-state index >= 15 is 4.79 Å². The van der Waals surface area contributed by atoms with Gasteiger partial charge in [0.05, 0.1) is 84.4 Å².